The Bertz CT molecular complexity index is 386. The molecule has 1 unspecified atom stereocenters. The molecule has 1 aromatic carbocycles. The summed E-state index contributed by atoms with van der Waals surface area (Å²) in [5.74, 6) is 0.636. The molecule has 0 heterocycles. The molecule has 18 heavy (non-hydrogen) atoms. The Hall–Kier alpha value is -1.09. The van der Waals surface area contributed by atoms with Gasteiger partial charge in [0.2, 0.25) is 0 Å². The van der Waals surface area contributed by atoms with E-state index in [9.17, 15) is 4.39 Å². The summed E-state index contributed by atoms with van der Waals surface area (Å²) < 4.78 is 19.4. The minimum absolute atomic E-state index is 0.146. The van der Waals surface area contributed by atoms with Gasteiger partial charge in [-0.25, -0.2) is 4.39 Å². The fourth-order valence-corrected chi connectivity index (χ4v) is 2.48. The highest BCUT2D eigenvalue weighted by molar-refractivity contribution is 5.30. The van der Waals surface area contributed by atoms with Crippen molar-refractivity contribution in [2.24, 2.45) is 11.7 Å². The second-order valence-corrected chi connectivity index (χ2v) is 5.29. The van der Waals surface area contributed by atoms with Crippen LogP contribution in [0.3, 0.4) is 0 Å². The summed E-state index contributed by atoms with van der Waals surface area (Å²) in [5.41, 5.74) is 6.52. The van der Waals surface area contributed by atoms with E-state index < -0.39 is 0 Å². The van der Waals surface area contributed by atoms with E-state index in [0.717, 1.165) is 5.56 Å². The van der Waals surface area contributed by atoms with Crippen LogP contribution in [0.1, 0.15) is 50.6 Å². The predicted octanol–water partition coefficient (Wildman–Crippen LogP) is 3.80. The van der Waals surface area contributed by atoms with Crippen molar-refractivity contribution >= 4 is 0 Å². The van der Waals surface area contributed by atoms with Crippen LogP contribution in [-0.2, 0) is 0 Å². The molecule has 2 rings (SSSR count). The van der Waals surface area contributed by atoms with E-state index >= 15 is 0 Å². The zero-order valence-electron chi connectivity index (χ0n) is 11.0. The molecular weight excluding hydrogens is 229 g/mol. The Morgan fingerprint density at radius 3 is 2.67 bits per heavy atom. The molecule has 1 saturated carbocycles. The van der Waals surface area contributed by atoms with Crippen LogP contribution in [-0.4, -0.2) is 6.61 Å². The summed E-state index contributed by atoms with van der Waals surface area (Å²) in [6.07, 6.45) is 6.30. The summed E-state index contributed by atoms with van der Waals surface area (Å²) in [5, 5.41) is 0. The van der Waals surface area contributed by atoms with Gasteiger partial charge in [0.25, 0.3) is 0 Å². The Labute approximate surface area is 108 Å². The number of hydrogen-bond donors (Lipinski definition) is 1. The van der Waals surface area contributed by atoms with Crippen molar-refractivity contribution in [2.45, 2.75) is 45.1 Å². The Balaban J connectivity index is 1.92. The third kappa shape index (κ3) is 3.45. The largest absolute Gasteiger partial charge is 0.490 e. The molecule has 3 heteroatoms. The summed E-state index contributed by atoms with van der Waals surface area (Å²) >= 11 is 0. The number of rotatable bonds is 4. The summed E-state index contributed by atoms with van der Waals surface area (Å²) in [4.78, 5) is 0. The third-order valence-electron chi connectivity index (χ3n) is 3.68. The zero-order valence-corrected chi connectivity index (χ0v) is 11.0. The minimum Gasteiger partial charge on any atom is -0.490 e. The van der Waals surface area contributed by atoms with E-state index in [4.69, 9.17) is 10.5 Å². The quantitative estimate of drug-likeness (QED) is 0.883. The van der Waals surface area contributed by atoms with Gasteiger partial charge >= 0.3 is 0 Å². The molecule has 0 bridgehead atoms. The molecule has 0 aromatic heterocycles. The topological polar surface area (TPSA) is 35.2 Å². The van der Waals surface area contributed by atoms with Gasteiger partial charge in [0.15, 0.2) is 11.6 Å². The first-order valence-corrected chi connectivity index (χ1v) is 6.84. The van der Waals surface area contributed by atoms with Gasteiger partial charge in [0, 0.05) is 6.04 Å². The van der Waals surface area contributed by atoms with Gasteiger partial charge in [-0.15, -0.1) is 0 Å². The van der Waals surface area contributed by atoms with Crippen molar-refractivity contribution in [3.05, 3.63) is 29.6 Å². The highest BCUT2D eigenvalue weighted by Gasteiger charge is 2.15. The van der Waals surface area contributed by atoms with Crippen LogP contribution in [0.5, 0.6) is 5.75 Å². The zero-order chi connectivity index (χ0) is 13.0. The number of ether oxygens (including phenoxy) is 1. The molecule has 2 N–H and O–H groups in total. The van der Waals surface area contributed by atoms with Crippen LogP contribution in [0.4, 0.5) is 4.39 Å². The fourth-order valence-electron chi connectivity index (χ4n) is 2.48. The Morgan fingerprint density at radius 2 is 2.06 bits per heavy atom. The second kappa shape index (κ2) is 6.19. The first-order chi connectivity index (χ1) is 8.66. The van der Waals surface area contributed by atoms with E-state index in [2.05, 4.69) is 0 Å². The van der Waals surface area contributed by atoms with Crippen LogP contribution in [0, 0.1) is 11.7 Å². The first-order valence-electron chi connectivity index (χ1n) is 6.84. The van der Waals surface area contributed by atoms with Crippen molar-refractivity contribution in [3.8, 4) is 5.75 Å². The van der Waals surface area contributed by atoms with Gasteiger partial charge in [-0.1, -0.05) is 25.3 Å². The molecule has 2 nitrogen and oxygen atoms in total. The molecule has 100 valence electrons. The first kappa shape index (κ1) is 13.3. The highest BCUT2D eigenvalue weighted by Crippen LogP contribution is 2.26. The fraction of sp³-hybridized carbons (Fsp3) is 0.600. The maximum atomic E-state index is 13.8. The summed E-state index contributed by atoms with van der Waals surface area (Å²) in [6.45, 7) is 2.48. The van der Waals surface area contributed by atoms with Gasteiger partial charge in [-0.05, 0) is 43.4 Å². The van der Waals surface area contributed by atoms with Gasteiger partial charge in [-0.3, -0.25) is 0 Å². The van der Waals surface area contributed by atoms with Crippen molar-refractivity contribution in [1.29, 1.82) is 0 Å². The van der Waals surface area contributed by atoms with Crippen molar-refractivity contribution in [1.82, 2.24) is 0 Å². The molecule has 0 aliphatic heterocycles. The van der Waals surface area contributed by atoms with E-state index in [0.29, 0.717) is 18.3 Å². The van der Waals surface area contributed by atoms with Crippen LogP contribution < -0.4 is 10.5 Å². The molecule has 0 spiro atoms. The lowest BCUT2D eigenvalue weighted by atomic mass is 9.90. The smallest absolute Gasteiger partial charge is 0.165 e. The molecular formula is C15H22FNO. The van der Waals surface area contributed by atoms with Gasteiger partial charge < -0.3 is 10.5 Å². The number of benzene rings is 1. The maximum Gasteiger partial charge on any atom is 0.165 e. The number of hydrogen-bond acceptors (Lipinski definition) is 2. The van der Waals surface area contributed by atoms with Crippen LogP contribution in [0.2, 0.25) is 0 Å². The predicted molar refractivity (Wildman–Crippen MR) is 71.1 cm³/mol. The molecule has 1 atom stereocenters. The highest BCUT2D eigenvalue weighted by atomic mass is 19.1. The standard InChI is InChI=1S/C15H22FNO/c1-11(17)13-7-8-15(14(16)9-13)18-10-12-5-3-2-4-6-12/h7-9,11-12H,2-6,10,17H2,1H3. The summed E-state index contributed by atoms with van der Waals surface area (Å²) in [6, 6.07) is 4.86. The van der Waals surface area contributed by atoms with Crippen LogP contribution in [0.15, 0.2) is 18.2 Å². The lowest BCUT2D eigenvalue weighted by Gasteiger charge is -2.21. The Morgan fingerprint density at radius 1 is 1.33 bits per heavy atom. The van der Waals surface area contributed by atoms with Gasteiger partial charge in [-0.2, -0.15) is 0 Å². The molecule has 0 radical (unpaired) electrons. The lowest BCUT2D eigenvalue weighted by molar-refractivity contribution is 0.202. The van der Waals surface area contributed by atoms with E-state index in [1.165, 1.54) is 38.2 Å². The minimum atomic E-state index is -0.305. The average Bonchev–Trinajstić information content (AvgIpc) is 2.38. The summed E-state index contributed by atoms with van der Waals surface area (Å²) in [7, 11) is 0. The third-order valence-corrected chi connectivity index (χ3v) is 3.68. The molecule has 1 aromatic rings. The molecule has 0 amide bonds. The van der Waals surface area contributed by atoms with E-state index in [-0.39, 0.29) is 11.9 Å². The van der Waals surface area contributed by atoms with Gasteiger partial charge in [0.05, 0.1) is 6.61 Å². The second-order valence-electron chi connectivity index (χ2n) is 5.29. The monoisotopic (exact) mass is 251 g/mol. The molecule has 1 fully saturated rings. The van der Waals surface area contributed by atoms with Gasteiger partial charge in [0.1, 0.15) is 0 Å². The molecule has 1 aliphatic rings. The average molecular weight is 251 g/mol. The van der Waals surface area contributed by atoms with Crippen LogP contribution >= 0.6 is 0 Å². The Kier molecular flexibility index (Phi) is 4.59. The van der Waals surface area contributed by atoms with E-state index in [1.807, 2.05) is 13.0 Å². The number of nitrogens with two attached hydrogens (primary N) is 1. The normalized spacial score (nSPS) is 18.6. The van der Waals surface area contributed by atoms with E-state index in [1.54, 1.807) is 6.07 Å². The molecule has 1 aliphatic carbocycles. The van der Waals surface area contributed by atoms with Crippen LogP contribution in [0.25, 0.3) is 0 Å². The number of halogens is 1. The van der Waals surface area contributed by atoms with Crippen molar-refractivity contribution < 1.29 is 9.13 Å². The van der Waals surface area contributed by atoms with Crippen molar-refractivity contribution in [2.75, 3.05) is 6.61 Å². The SMILES string of the molecule is CC(N)c1ccc(OCC2CCCCC2)c(F)c1. The maximum absolute atomic E-state index is 13.8. The van der Waals surface area contributed by atoms with Crippen molar-refractivity contribution in [3.63, 3.8) is 0 Å². The molecule has 0 saturated heterocycles. The lowest BCUT2D eigenvalue weighted by Crippen LogP contribution is -2.15.